The minimum Gasteiger partial charge on any atom is -0.456 e. The number of hydrogen-bond donors (Lipinski definition) is 3. The second-order valence-electron chi connectivity index (χ2n) is 4.47. The van der Waals surface area contributed by atoms with Gasteiger partial charge in [0, 0.05) is 25.8 Å². The van der Waals surface area contributed by atoms with Crippen LogP contribution in [-0.4, -0.2) is 49.3 Å². The number of nitrogen functional groups attached to an aromatic ring is 1. The highest BCUT2D eigenvalue weighted by atomic mass is 16.5. The van der Waals surface area contributed by atoms with Crippen LogP contribution in [-0.2, 0) is 11.3 Å². The minimum absolute atomic E-state index is 0.181. The van der Waals surface area contributed by atoms with E-state index < -0.39 is 12.0 Å². The molecule has 19 heavy (non-hydrogen) atoms. The summed E-state index contributed by atoms with van der Waals surface area (Å²) >= 11 is 0. The molecule has 0 fully saturated rings. The molecule has 1 heterocycles. The van der Waals surface area contributed by atoms with Crippen LogP contribution in [0.25, 0.3) is 0 Å². The lowest BCUT2D eigenvalue weighted by Crippen LogP contribution is -2.31. The number of furan rings is 1. The molecule has 1 atom stereocenters. The zero-order valence-electron chi connectivity index (χ0n) is 11.5. The zero-order chi connectivity index (χ0) is 14.4. The quantitative estimate of drug-likeness (QED) is 0.355. The Morgan fingerprint density at radius 3 is 2.95 bits per heavy atom. The molecule has 1 rings (SSSR count). The van der Waals surface area contributed by atoms with E-state index >= 15 is 0 Å². The number of hydrogen-bond acceptors (Lipinski definition) is 6. The lowest BCUT2D eigenvalue weighted by atomic mass is 10.2. The number of amides is 1. The number of likely N-dealkylation sites (N-methyl/N-ethyl adjacent to an activating group) is 1. The van der Waals surface area contributed by atoms with Crippen molar-refractivity contribution in [2.24, 2.45) is 5.84 Å². The molecule has 4 N–H and O–H groups in total. The molecule has 0 aromatic carbocycles. The predicted molar refractivity (Wildman–Crippen MR) is 69.3 cm³/mol. The highest BCUT2D eigenvalue weighted by Gasteiger charge is 2.15. The van der Waals surface area contributed by atoms with E-state index in [1.54, 1.807) is 20.1 Å². The zero-order valence-corrected chi connectivity index (χ0v) is 11.5. The van der Waals surface area contributed by atoms with Crippen molar-refractivity contribution < 1.29 is 19.1 Å². The Bertz CT molecular complexity index is 419. The summed E-state index contributed by atoms with van der Waals surface area (Å²) in [5.74, 6) is 5.43. The summed E-state index contributed by atoms with van der Waals surface area (Å²) in [6, 6.07) is 1.65. The predicted octanol–water partition coefficient (Wildman–Crippen LogP) is -0.369. The van der Waals surface area contributed by atoms with Gasteiger partial charge in [-0.05, 0) is 20.0 Å². The summed E-state index contributed by atoms with van der Waals surface area (Å²) in [5.41, 5.74) is 2.90. The lowest BCUT2D eigenvalue weighted by Gasteiger charge is -2.19. The van der Waals surface area contributed by atoms with Crippen LogP contribution in [0, 0.1) is 6.92 Å². The average molecular weight is 271 g/mol. The van der Waals surface area contributed by atoms with Gasteiger partial charge in [-0.1, -0.05) is 0 Å². The van der Waals surface area contributed by atoms with Crippen molar-refractivity contribution >= 4 is 5.91 Å². The Morgan fingerprint density at radius 2 is 2.37 bits per heavy atom. The van der Waals surface area contributed by atoms with Gasteiger partial charge in [0.05, 0.1) is 12.7 Å². The number of nitrogens with zero attached hydrogens (tertiary/aromatic N) is 1. The van der Waals surface area contributed by atoms with Gasteiger partial charge >= 0.3 is 5.91 Å². The number of aliphatic hydroxyl groups excluding tert-OH is 1. The molecule has 1 aromatic heterocycles. The molecule has 0 aliphatic carbocycles. The van der Waals surface area contributed by atoms with Crippen LogP contribution in [0.3, 0.4) is 0 Å². The second kappa shape index (κ2) is 7.25. The molecule has 0 radical (unpaired) electrons. The molecule has 1 amide bonds. The van der Waals surface area contributed by atoms with Crippen molar-refractivity contribution in [1.82, 2.24) is 10.3 Å². The molecule has 0 saturated heterocycles. The number of aliphatic hydroxyl groups is 1. The van der Waals surface area contributed by atoms with Crippen LogP contribution in [0.1, 0.15) is 21.9 Å². The summed E-state index contributed by atoms with van der Waals surface area (Å²) in [4.78, 5) is 13.3. The third kappa shape index (κ3) is 4.64. The minimum atomic E-state index is -0.547. The van der Waals surface area contributed by atoms with E-state index in [1.807, 2.05) is 17.4 Å². The Balaban J connectivity index is 2.61. The molecule has 0 aliphatic rings. The maximum Gasteiger partial charge on any atom is 0.300 e. The van der Waals surface area contributed by atoms with Gasteiger partial charge < -0.3 is 14.3 Å². The Morgan fingerprint density at radius 1 is 1.68 bits per heavy atom. The van der Waals surface area contributed by atoms with Crippen molar-refractivity contribution in [1.29, 1.82) is 0 Å². The third-order valence-electron chi connectivity index (χ3n) is 2.70. The van der Waals surface area contributed by atoms with Gasteiger partial charge in [-0.3, -0.25) is 15.1 Å². The van der Waals surface area contributed by atoms with E-state index in [-0.39, 0.29) is 12.4 Å². The van der Waals surface area contributed by atoms with Gasteiger partial charge in [-0.15, -0.1) is 0 Å². The number of nitrogens with one attached hydrogen (secondary N) is 1. The summed E-state index contributed by atoms with van der Waals surface area (Å²) in [7, 11) is 3.41. The number of carbonyl (C=O) groups is 1. The number of aryl methyl sites for hydroxylation is 1. The first-order chi connectivity index (χ1) is 8.97. The Kier molecular flexibility index (Phi) is 5.97. The average Bonchev–Trinajstić information content (AvgIpc) is 2.70. The molecule has 7 nitrogen and oxygen atoms in total. The largest absolute Gasteiger partial charge is 0.456 e. The Labute approximate surface area is 112 Å². The van der Waals surface area contributed by atoms with E-state index in [9.17, 15) is 9.90 Å². The number of nitrogens with two attached hydrogens (primary N) is 1. The van der Waals surface area contributed by atoms with Gasteiger partial charge in [-0.2, -0.15) is 0 Å². The maximum absolute atomic E-state index is 11.3. The monoisotopic (exact) mass is 271 g/mol. The first-order valence-electron chi connectivity index (χ1n) is 5.93. The number of hydrazine groups is 1. The maximum atomic E-state index is 11.3. The van der Waals surface area contributed by atoms with Crippen molar-refractivity contribution in [2.45, 2.75) is 19.6 Å². The van der Waals surface area contributed by atoms with Gasteiger partial charge in [0.25, 0.3) is 0 Å². The topological polar surface area (TPSA) is 101 Å². The summed E-state index contributed by atoms with van der Waals surface area (Å²) in [6.07, 6.45) is -0.547. The van der Waals surface area contributed by atoms with Crippen LogP contribution in [0.4, 0.5) is 0 Å². The van der Waals surface area contributed by atoms with Crippen LogP contribution >= 0.6 is 0 Å². The molecule has 0 saturated carbocycles. The molecule has 7 heteroatoms. The van der Waals surface area contributed by atoms with Crippen LogP contribution in [0.15, 0.2) is 10.5 Å². The normalized spacial score (nSPS) is 12.7. The number of carbonyl (C=O) groups excluding carboxylic acids is 1. The Hall–Kier alpha value is -1.41. The van der Waals surface area contributed by atoms with Gasteiger partial charge in [-0.25, -0.2) is 5.84 Å². The van der Waals surface area contributed by atoms with E-state index in [0.29, 0.717) is 18.8 Å². The van der Waals surface area contributed by atoms with E-state index in [0.717, 1.165) is 5.56 Å². The van der Waals surface area contributed by atoms with Gasteiger partial charge in [0.1, 0.15) is 5.76 Å². The van der Waals surface area contributed by atoms with Crippen LogP contribution in [0.5, 0.6) is 0 Å². The first kappa shape index (κ1) is 15.6. The summed E-state index contributed by atoms with van der Waals surface area (Å²) in [6.45, 7) is 3.10. The third-order valence-corrected chi connectivity index (χ3v) is 2.70. The lowest BCUT2D eigenvalue weighted by molar-refractivity contribution is 0.0418. The SMILES string of the molecule is COCC(O)CN(C)Cc1cc(C(=O)NN)oc1C. The number of methoxy groups -OCH3 is 1. The van der Waals surface area contributed by atoms with Gasteiger partial charge in [0.15, 0.2) is 5.76 Å². The molecule has 0 spiro atoms. The fourth-order valence-corrected chi connectivity index (χ4v) is 1.82. The molecule has 0 bridgehead atoms. The molecular weight excluding hydrogens is 250 g/mol. The molecule has 108 valence electrons. The molecular formula is C12H21N3O4. The fourth-order valence-electron chi connectivity index (χ4n) is 1.82. The highest BCUT2D eigenvalue weighted by molar-refractivity contribution is 5.91. The number of rotatable bonds is 7. The second-order valence-corrected chi connectivity index (χ2v) is 4.47. The number of ether oxygens (including phenoxy) is 1. The fraction of sp³-hybridized carbons (Fsp3) is 0.583. The summed E-state index contributed by atoms with van der Waals surface area (Å²) < 4.78 is 10.2. The van der Waals surface area contributed by atoms with E-state index in [1.165, 1.54) is 0 Å². The summed E-state index contributed by atoms with van der Waals surface area (Å²) in [5, 5.41) is 9.63. The first-order valence-corrected chi connectivity index (χ1v) is 5.93. The van der Waals surface area contributed by atoms with Crippen molar-refractivity contribution in [3.63, 3.8) is 0 Å². The van der Waals surface area contributed by atoms with E-state index in [4.69, 9.17) is 15.0 Å². The van der Waals surface area contributed by atoms with Crippen molar-refractivity contribution in [3.8, 4) is 0 Å². The molecule has 0 aliphatic heterocycles. The molecule has 1 unspecified atom stereocenters. The van der Waals surface area contributed by atoms with Crippen LogP contribution < -0.4 is 11.3 Å². The van der Waals surface area contributed by atoms with Crippen LogP contribution in [0.2, 0.25) is 0 Å². The van der Waals surface area contributed by atoms with Crippen molar-refractivity contribution in [2.75, 3.05) is 27.3 Å². The highest BCUT2D eigenvalue weighted by Crippen LogP contribution is 2.16. The van der Waals surface area contributed by atoms with Crippen molar-refractivity contribution in [3.05, 3.63) is 23.2 Å². The van der Waals surface area contributed by atoms with E-state index in [2.05, 4.69) is 0 Å². The molecule has 1 aromatic rings. The standard InChI is InChI=1S/C12H21N3O4/c1-8-9(4-11(19-8)12(17)14-13)5-15(2)6-10(16)7-18-3/h4,10,16H,5-7,13H2,1-3H3,(H,14,17). The smallest absolute Gasteiger partial charge is 0.300 e. The van der Waals surface area contributed by atoms with Gasteiger partial charge in [0.2, 0.25) is 0 Å².